The third-order valence-electron chi connectivity index (χ3n) is 2.45. The van der Waals surface area contributed by atoms with Crippen LogP contribution in [0.5, 0.6) is 5.75 Å². The van der Waals surface area contributed by atoms with Crippen LogP contribution in [0.3, 0.4) is 0 Å². The fourth-order valence-electron chi connectivity index (χ4n) is 1.47. The Bertz CT molecular complexity index is 706. The average molecular weight is 309 g/mol. The van der Waals surface area contributed by atoms with Crippen LogP contribution >= 0.6 is 0 Å². The topological polar surface area (TPSA) is 117 Å². The number of nitrogens with zero attached hydrogens (tertiary/aromatic N) is 3. The van der Waals surface area contributed by atoms with E-state index in [0.29, 0.717) is 5.69 Å². The summed E-state index contributed by atoms with van der Waals surface area (Å²) in [5.74, 6) is -1.85. The number of aromatic carboxylic acids is 1. The zero-order valence-corrected chi connectivity index (χ0v) is 13.5. The van der Waals surface area contributed by atoms with E-state index < -0.39 is 10.9 Å². The van der Waals surface area contributed by atoms with E-state index in [2.05, 4.69) is 10.4 Å². The number of carbonyl (C=O) groups excluding carboxylic acids is 1. The second-order valence-electron chi connectivity index (χ2n) is 3.83. The van der Waals surface area contributed by atoms with Crippen molar-refractivity contribution in [3.63, 3.8) is 0 Å². The van der Waals surface area contributed by atoms with Crippen molar-refractivity contribution in [3.05, 3.63) is 64.2 Å². The van der Waals surface area contributed by atoms with Gasteiger partial charge in [-0.05, 0) is 18.2 Å². The Morgan fingerprint density at radius 2 is 1.82 bits per heavy atom. The summed E-state index contributed by atoms with van der Waals surface area (Å²) in [5.41, 5.74) is -0.199. The van der Waals surface area contributed by atoms with Crippen molar-refractivity contribution < 1.29 is 49.2 Å². The van der Waals surface area contributed by atoms with Gasteiger partial charge in [-0.15, -0.1) is 5.11 Å². The zero-order valence-electron chi connectivity index (χ0n) is 11.5. The maximum Gasteiger partial charge on any atom is 1.00 e. The van der Waals surface area contributed by atoms with Gasteiger partial charge in [0.1, 0.15) is 0 Å². The second kappa shape index (κ2) is 8.23. The smallest absolute Gasteiger partial charge is 0.545 e. The maximum atomic E-state index is 10.9. The molecule has 8 nitrogen and oxygen atoms in total. The molecular weight excluding hydrogens is 301 g/mol. The summed E-state index contributed by atoms with van der Waals surface area (Å²) in [6, 6.07) is 11.5. The minimum Gasteiger partial charge on any atom is -0.545 e. The normalized spacial score (nSPS) is 10.0. The van der Waals surface area contributed by atoms with Crippen LogP contribution < -0.4 is 39.5 Å². The molecule has 0 aliphatic carbocycles. The number of nitro groups is 1. The maximum absolute atomic E-state index is 10.9. The van der Waals surface area contributed by atoms with Gasteiger partial charge in [0.25, 0.3) is 5.69 Å². The van der Waals surface area contributed by atoms with Crippen LogP contribution in [-0.2, 0) is 0 Å². The van der Waals surface area contributed by atoms with Crippen molar-refractivity contribution in [3.8, 4) is 5.75 Å². The van der Waals surface area contributed by atoms with Gasteiger partial charge in [-0.25, -0.2) is 0 Å². The first-order valence-corrected chi connectivity index (χ1v) is 5.71. The molecule has 0 unspecified atom stereocenters. The molecule has 0 amide bonds. The Morgan fingerprint density at radius 3 is 2.41 bits per heavy atom. The largest absolute Gasteiger partial charge is 1.00 e. The Kier molecular flexibility index (Phi) is 6.64. The zero-order chi connectivity index (χ0) is 15.2. The number of hydrogen-bond acceptors (Lipinski definition) is 7. The summed E-state index contributed by atoms with van der Waals surface area (Å²) in [5, 5.41) is 28.6. The van der Waals surface area contributed by atoms with Crippen molar-refractivity contribution in [2.75, 3.05) is 0 Å². The first-order chi connectivity index (χ1) is 10.1. The molecule has 0 heterocycles. The summed E-state index contributed by atoms with van der Waals surface area (Å²) in [6.07, 6.45) is 0. The Balaban J connectivity index is 0.00000242. The molecule has 0 aromatic heterocycles. The van der Waals surface area contributed by atoms with Crippen molar-refractivity contribution in [1.82, 2.24) is 0 Å². The molecule has 2 rings (SSSR count). The van der Waals surface area contributed by atoms with E-state index >= 15 is 0 Å². The van der Waals surface area contributed by atoms with Gasteiger partial charge in [-0.3, -0.25) is 10.1 Å². The molecule has 2 aromatic carbocycles. The van der Waals surface area contributed by atoms with Gasteiger partial charge in [-0.1, -0.05) is 18.2 Å². The second-order valence-corrected chi connectivity index (χ2v) is 3.83. The molecular formula is C13H8N3NaO5. The summed E-state index contributed by atoms with van der Waals surface area (Å²) in [4.78, 5) is 25.7. The predicted molar refractivity (Wildman–Crippen MR) is 69.0 cm³/mol. The Morgan fingerprint density at radius 1 is 1.14 bits per heavy atom. The number of carbonyl (C=O) groups is 1. The van der Waals surface area contributed by atoms with Crippen LogP contribution in [0.25, 0.3) is 0 Å². The van der Waals surface area contributed by atoms with Crippen LogP contribution in [0.4, 0.5) is 11.4 Å². The third-order valence-corrected chi connectivity index (χ3v) is 2.45. The van der Waals surface area contributed by atoms with Crippen LogP contribution in [0.15, 0.2) is 58.9 Å². The third kappa shape index (κ3) is 4.62. The van der Waals surface area contributed by atoms with Crippen molar-refractivity contribution in [1.29, 1.82) is 0 Å². The standard InChI is InChI=1S/C13H9N3O5.Na/c17-13(18)11-7-6-10(16(19)20)8-12(11)21-15-14-9-4-2-1-3-5-9;/h1-8H,(H,17,18);/q;+1/p-1. The number of rotatable bonds is 5. The van der Waals surface area contributed by atoms with Gasteiger partial charge in [0.15, 0.2) is 5.75 Å². The molecule has 0 spiro atoms. The van der Waals surface area contributed by atoms with E-state index in [0.717, 1.165) is 18.2 Å². The number of nitro benzene ring substituents is 1. The van der Waals surface area contributed by atoms with Crippen molar-refractivity contribution in [2.45, 2.75) is 0 Å². The predicted octanol–water partition coefficient (Wildman–Crippen LogP) is -0.960. The van der Waals surface area contributed by atoms with Crippen LogP contribution in [0.2, 0.25) is 0 Å². The van der Waals surface area contributed by atoms with Crippen LogP contribution in [0, 0.1) is 10.1 Å². The molecule has 9 heteroatoms. The van der Waals surface area contributed by atoms with Crippen molar-refractivity contribution >= 4 is 17.3 Å². The van der Waals surface area contributed by atoms with E-state index in [1.54, 1.807) is 30.3 Å². The molecule has 0 aliphatic rings. The molecule has 0 fully saturated rings. The van der Waals surface area contributed by atoms with Gasteiger partial charge in [0, 0.05) is 16.9 Å². The average Bonchev–Trinajstić information content (AvgIpc) is 2.48. The molecule has 0 N–H and O–H groups in total. The minimum absolute atomic E-state index is 0. The van der Waals surface area contributed by atoms with E-state index in [9.17, 15) is 20.0 Å². The van der Waals surface area contributed by atoms with Crippen molar-refractivity contribution in [2.24, 2.45) is 10.4 Å². The van der Waals surface area contributed by atoms with Crippen LogP contribution in [0.1, 0.15) is 10.4 Å². The van der Waals surface area contributed by atoms with Gasteiger partial charge in [-0.2, -0.15) is 0 Å². The Hall–Kier alpha value is -2.29. The summed E-state index contributed by atoms with van der Waals surface area (Å²) in [7, 11) is 0. The van der Waals surface area contributed by atoms with Gasteiger partial charge in [0.05, 0.1) is 22.6 Å². The first-order valence-electron chi connectivity index (χ1n) is 5.71. The molecule has 106 valence electrons. The van der Waals surface area contributed by atoms with E-state index in [1.165, 1.54) is 0 Å². The quantitative estimate of drug-likeness (QED) is 0.305. The Labute approximate surface area is 146 Å². The number of benzene rings is 2. The monoisotopic (exact) mass is 309 g/mol. The van der Waals surface area contributed by atoms with E-state index in [-0.39, 0.29) is 46.6 Å². The SMILES string of the molecule is O=C([O-])c1ccc([N+](=O)[O-])cc1ON=Nc1ccccc1.[Na+]. The summed E-state index contributed by atoms with van der Waals surface area (Å²) < 4.78 is 0. The van der Waals surface area contributed by atoms with Gasteiger partial charge < -0.3 is 14.7 Å². The molecule has 0 atom stereocenters. The number of carboxylic acid groups (broad SMARTS) is 1. The van der Waals surface area contributed by atoms with E-state index in [1.807, 2.05) is 0 Å². The number of non-ortho nitro benzene ring substituents is 1. The molecule has 0 aliphatic heterocycles. The first kappa shape index (κ1) is 17.8. The fraction of sp³-hybridized carbons (Fsp3) is 0. The number of carboxylic acids is 1. The van der Waals surface area contributed by atoms with Gasteiger partial charge >= 0.3 is 29.6 Å². The van der Waals surface area contributed by atoms with E-state index in [4.69, 9.17) is 4.84 Å². The summed E-state index contributed by atoms with van der Waals surface area (Å²) >= 11 is 0. The fourth-order valence-corrected chi connectivity index (χ4v) is 1.47. The summed E-state index contributed by atoms with van der Waals surface area (Å²) in [6.45, 7) is 0. The molecule has 0 radical (unpaired) electrons. The molecule has 22 heavy (non-hydrogen) atoms. The minimum atomic E-state index is -1.53. The molecule has 0 bridgehead atoms. The molecule has 2 aromatic rings. The number of hydrogen-bond donors (Lipinski definition) is 0. The molecule has 0 saturated heterocycles. The van der Waals surface area contributed by atoms with Crippen LogP contribution in [-0.4, -0.2) is 10.9 Å². The molecule has 0 saturated carbocycles. The van der Waals surface area contributed by atoms with Gasteiger partial charge in [0.2, 0.25) is 0 Å².